The quantitative estimate of drug-likeness (QED) is 0.897. The second-order valence-corrected chi connectivity index (χ2v) is 4.37. The van der Waals surface area contributed by atoms with Crippen molar-refractivity contribution in [2.24, 2.45) is 0 Å². The highest BCUT2D eigenvalue weighted by Gasteiger charge is 2.10. The maximum atomic E-state index is 11.9. The molecule has 8 heteroatoms. The Kier molecular flexibility index (Phi) is 4.16. The van der Waals surface area contributed by atoms with Crippen LogP contribution in [0.15, 0.2) is 15.5 Å². The number of anilines is 1. The Hall–Kier alpha value is -1.89. The molecule has 1 N–H and O–H groups in total. The number of nitrogens with one attached hydrogen (secondary N) is 1. The average Bonchev–Trinajstić information content (AvgIpc) is 2.80. The summed E-state index contributed by atoms with van der Waals surface area (Å²) in [5, 5.41) is 10.8. The third-order valence-corrected chi connectivity index (χ3v) is 2.79. The average molecular weight is 284 g/mol. The van der Waals surface area contributed by atoms with Crippen LogP contribution in [0.1, 0.15) is 25.1 Å². The van der Waals surface area contributed by atoms with Crippen molar-refractivity contribution in [2.75, 3.05) is 5.32 Å². The molecule has 0 radical (unpaired) electrons. The molecule has 0 saturated carbocycles. The lowest BCUT2D eigenvalue weighted by Gasteiger charge is -2.08. The molecule has 102 valence electrons. The number of hydrogen-bond acceptors (Lipinski definition) is 6. The first-order valence-corrected chi connectivity index (χ1v) is 6.28. The summed E-state index contributed by atoms with van der Waals surface area (Å²) in [5.41, 5.74) is 0.144. The van der Waals surface area contributed by atoms with Crippen LogP contribution in [0.25, 0.3) is 0 Å². The van der Waals surface area contributed by atoms with Gasteiger partial charge in [0.15, 0.2) is 5.82 Å². The van der Waals surface area contributed by atoms with Gasteiger partial charge in [0, 0.05) is 6.54 Å². The van der Waals surface area contributed by atoms with E-state index in [0.717, 1.165) is 6.42 Å². The van der Waals surface area contributed by atoms with Crippen molar-refractivity contribution in [3.8, 4) is 0 Å². The minimum Gasteiger partial charge on any atom is -0.373 e. The molecule has 0 fully saturated rings. The number of hydrogen-bond donors (Lipinski definition) is 1. The molecule has 2 aromatic rings. The zero-order valence-electron chi connectivity index (χ0n) is 10.7. The van der Waals surface area contributed by atoms with Gasteiger partial charge in [-0.15, -0.1) is 0 Å². The van der Waals surface area contributed by atoms with Crippen LogP contribution in [0, 0.1) is 6.92 Å². The fourth-order valence-corrected chi connectivity index (χ4v) is 1.76. The second-order valence-electron chi connectivity index (χ2n) is 3.99. The molecule has 19 heavy (non-hydrogen) atoms. The highest BCUT2D eigenvalue weighted by molar-refractivity contribution is 6.32. The summed E-state index contributed by atoms with van der Waals surface area (Å²) in [6.45, 7) is 4.53. The standard InChI is InChI=1S/C11H14ClN5O2/c1-3-4-17-11(18)10(12)8(5-14-17)13-6-9-15-7(2)16-19-9/h5,13H,3-4,6H2,1-2H3. The third-order valence-electron chi connectivity index (χ3n) is 2.42. The highest BCUT2D eigenvalue weighted by Crippen LogP contribution is 2.16. The molecular formula is C11H14ClN5O2. The Morgan fingerprint density at radius 3 is 2.95 bits per heavy atom. The number of halogens is 1. The van der Waals surface area contributed by atoms with Crippen molar-refractivity contribution in [1.29, 1.82) is 0 Å². The van der Waals surface area contributed by atoms with Crippen LogP contribution in [0.5, 0.6) is 0 Å². The van der Waals surface area contributed by atoms with E-state index >= 15 is 0 Å². The Morgan fingerprint density at radius 2 is 2.32 bits per heavy atom. The Labute approximate surface area is 114 Å². The first-order valence-electron chi connectivity index (χ1n) is 5.90. The minimum absolute atomic E-state index is 0.111. The molecule has 0 aliphatic heterocycles. The van der Waals surface area contributed by atoms with Crippen LogP contribution >= 0.6 is 11.6 Å². The number of aryl methyl sites for hydroxylation is 2. The predicted octanol–water partition coefficient (Wildman–Crippen LogP) is 1.61. The van der Waals surface area contributed by atoms with Crippen LogP contribution in [0.2, 0.25) is 5.02 Å². The van der Waals surface area contributed by atoms with E-state index in [-0.39, 0.29) is 10.6 Å². The van der Waals surface area contributed by atoms with Crippen LogP contribution in [0.4, 0.5) is 5.69 Å². The zero-order valence-corrected chi connectivity index (χ0v) is 11.4. The maximum absolute atomic E-state index is 11.9. The summed E-state index contributed by atoms with van der Waals surface area (Å²) in [6.07, 6.45) is 2.33. The molecule has 0 aliphatic carbocycles. The van der Waals surface area contributed by atoms with Crippen LogP contribution < -0.4 is 10.9 Å². The molecule has 0 unspecified atom stereocenters. The van der Waals surface area contributed by atoms with Gasteiger partial charge in [0.1, 0.15) is 5.02 Å². The normalized spacial score (nSPS) is 10.7. The second kappa shape index (κ2) is 5.83. The van der Waals surface area contributed by atoms with E-state index in [1.165, 1.54) is 10.9 Å². The van der Waals surface area contributed by atoms with Crippen molar-refractivity contribution in [2.45, 2.75) is 33.4 Å². The molecule has 2 rings (SSSR count). The van der Waals surface area contributed by atoms with Crippen molar-refractivity contribution < 1.29 is 4.52 Å². The summed E-state index contributed by atoms with van der Waals surface area (Å²) >= 11 is 6.00. The molecule has 2 heterocycles. The molecular weight excluding hydrogens is 270 g/mol. The lowest BCUT2D eigenvalue weighted by Crippen LogP contribution is -2.24. The third kappa shape index (κ3) is 3.11. The van der Waals surface area contributed by atoms with Gasteiger partial charge in [0.2, 0.25) is 5.89 Å². The molecule has 7 nitrogen and oxygen atoms in total. The molecule has 0 atom stereocenters. The van der Waals surface area contributed by atoms with E-state index in [9.17, 15) is 4.79 Å². The number of nitrogens with zero attached hydrogens (tertiary/aromatic N) is 4. The first-order chi connectivity index (χ1) is 9.11. The van der Waals surface area contributed by atoms with E-state index in [1.54, 1.807) is 6.92 Å². The van der Waals surface area contributed by atoms with Gasteiger partial charge in [-0.2, -0.15) is 10.1 Å². The maximum Gasteiger partial charge on any atom is 0.287 e. The van der Waals surface area contributed by atoms with Gasteiger partial charge >= 0.3 is 0 Å². The summed E-state index contributed by atoms with van der Waals surface area (Å²) < 4.78 is 6.29. The van der Waals surface area contributed by atoms with Crippen molar-refractivity contribution in [1.82, 2.24) is 19.9 Å². The Morgan fingerprint density at radius 1 is 1.53 bits per heavy atom. The van der Waals surface area contributed by atoms with E-state index in [4.69, 9.17) is 16.1 Å². The zero-order chi connectivity index (χ0) is 13.8. The largest absolute Gasteiger partial charge is 0.373 e. The van der Waals surface area contributed by atoms with E-state index in [2.05, 4.69) is 20.6 Å². The van der Waals surface area contributed by atoms with E-state index in [1.807, 2.05) is 6.92 Å². The SMILES string of the molecule is CCCn1ncc(NCc2nc(C)no2)c(Cl)c1=O. The van der Waals surface area contributed by atoms with Gasteiger partial charge in [0.05, 0.1) is 18.4 Å². The lowest BCUT2D eigenvalue weighted by atomic mass is 10.4. The Bertz CT molecular complexity index is 622. The van der Waals surface area contributed by atoms with Crippen molar-refractivity contribution in [3.05, 3.63) is 33.3 Å². The molecule has 0 saturated heterocycles. The van der Waals surface area contributed by atoms with E-state index in [0.29, 0.717) is 30.5 Å². The molecule has 0 aromatic carbocycles. The minimum atomic E-state index is -0.310. The summed E-state index contributed by atoms with van der Waals surface area (Å²) in [6, 6.07) is 0. The van der Waals surface area contributed by atoms with Gasteiger partial charge in [-0.1, -0.05) is 23.7 Å². The summed E-state index contributed by atoms with van der Waals surface area (Å²) in [4.78, 5) is 15.9. The monoisotopic (exact) mass is 283 g/mol. The lowest BCUT2D eigenvalue weighted by molar-refractivity contribution is 0.379. The van der Waals surface area contributed by atoms with Gasteiger partial charge < -0.3 is 9.84 Å². The topological polar surface area (TPSA) is 85.8 Å². The fourth-order valence-electron chi connectivity index (χ4n) is 1.54. The molecule has 0 amide bonds. The number of aromatic nitrogens is 4. The predicted molar refractivity (Wildman–Crippen MR) is 70.2 cm³/mol. The van der Waals surface area contributed by atoms with Crippen molar-refractivity contribution in [3.63, 3.8) is 0 Å². The molecule has 0 aliphatic rings. The summed E-state index contributed by atoms with van der Waals surface area (Å²) in [5.74, 6) is 0.977. The fraction of sp³-hybridized carbons (Fsp3) is 0.455. The molecule has 0 spiro atoms. The van der Waals surface area contributed by atoms with Crippen molar-refractivity contribution >= 4 is 17.3 Å². The van der Waals surface area contributed by atoms with Gasteiger partial charge in [-0.3, -0.25) is 4.79 Å². The Balaban J connectivity index is 2.13. The molecule has 0 bridgehead atoms. The van der Waals surface area contributed by atoms with Crippen LogP contribution in [-0.4, -0.2) is 19.9 Å². The van der Waals surface area contributed by atoms with Gasteiger partial charge in [-0.05, 0) is 13.3 Å². The van der Waals surface area contributed by atoms with Gasteiger partial charge in [0.25, 0.3) is 5.56 Å². The first kappa shape index (κ1) is 13.5. The number of rotatable bonds is 5. The van der Waals surface area contributed by atoms with Crippen LogP contribution in [-0.2, 0) is 13.1 Å². The van der Waals surface area contributed by atoms with Crippen LogP contribution in [0.3, 0.4) is 0 Å². The molecule has 2 aromatic heterocycles. The van der Waals surface area contributed by atoms with E-state index < -0.39 is 0 Å². The smallest absolute Gasteiger partial charge is 0.287 e. The highest BCUT2D eigenvalue weighted by atomic mass is 35.5. The van der Waals surface area contributed by atoms with Gasteiger partial charge in [-0.25, -0.2) is 4.68 Å². The summed E-state index contributed by atoms with van der Waals surface area (Å²) in [7, 11) is 0.